The zero-order valence-corrected chi connectivity index (χ0v) is 14.8. The number of nitrogens with one attached hydrogen (secondary N) is 1. The van der Waals surface area contributed by atoms with Crippen molar-refractivity contribution in [2.24, 2.45) is 0 Å². The molecule has 0 aliphatic carbocycles. The van der Waals surface area contributed by atoms with Crippen LogP contribution in [0.1, 0.15) is 15.9 Å². The number of carbonyl (C=O) groups is 1. The number of morpholine rings is 1. The molecule has 0 bridgehead atoms. The molecule has 4 rings (SSSR count). The Morgan fingerprint density at radius 1 is 1.11 bits per heavy atom. The van der Waals surface area contributed by atoms with E-state index in [0.717, 1.165) is 16.5 Å². The van der Waals surface area contributed by atoms with Crippen LogP contribution in [0.3, 0.4) is 0 Å². The lowest BCUT2D eigenvalue weighted by Crippen LogP contribution is -2.40. The number of anilines is 1. The molecule has 1 aromatic heterocycles. The highest BCUT2D eigenvalue weighted by Gasteiger charge is 2.21. The highest BCUT2D eigenvalue weighted by atomic mass is 19.1. The van der Waals surface area contributed by atoms with Gasteiger partial charge in [0.2, 0.25) is 0 Å². The molecule has 1 N–H and O–H groups in total. The molecule has 0 unspecified atom stereocenters. The van der Waals surface area contributed by atoms with Crippen molar-refractivity contribution in [2.45, 2.75) is 6.54 Å². The summed E-state index contributed by atoms with van der Waals surface area (Å²) >= 11 is 0. The van der Waals surface area contributed by atoms with Gasteiger partial charge in [-0.3, -0.25) is 4.79 Å². The molecule has 0 saturated carbocycles. The third-order valence-corrected chi connectivity index (χ3v) is 4.63. The van der Waals surface area contributed by atoms with Gasteiger partial charge >= 0.3 is 0 Å². The number of rotatable bonds is 4. The van der Waals surface area contributed by atoms with E-state index in [2.05, 4.69) is 10.3 Å². The van der Waals surface area contributed by atoms with Crippen molar-refractivity contribution in [3.8, 4) is 0 Å². The Labute approximate surface area is 156 Å². The Morgan fingerprint density at radius 3 is 2.63 bits per heavy atom. The zero-order chi connectivity index (χ0) is 18.6. The SMILES string of the molecule is O=C(c1cc(NCc2ccc(F)cc2)nc2ccccc12)N1CCOCC1. The lowest BCUT2D eigenvalue weighted by atomic mass is 10.1. The van der Waals surface area contributed by atoms with E-state index in [1.165, 1.54) is 12.1 Å². The van der Waals surface area contributed by atoms with Crippen molar-refractivity contribution in [2.75, 3.05) is 31.6 Å². The van der Waals surface area contributed by atoms with Crippen LogP contribution >= 0.6 is 0 Å². The number of hydrogen-bond donors (Lipinski definition) is 1. The molecule has 27 heavy (non-hydrogen) atoms. The fraction of sp³-hybridized carbons (Fsp3) is 0.238. The molecule has 0 spiro atoms. The summed E-state index contributed by atoms with van der Waals surface area (Å²) in [5.74, 6) is 0.345. The molecular weight excluding hydrogens is 345 g/mol. The Bertz CT molecular complexity index is 953. The number of amides is 1. The van der Waals surface area contributed by atoms with E-state index < -0.39 is 0 Å². The second-order valence-corrected chi connectivity index (χ2v) is 6.46. The van der Waals surface area contributed by atoms with Crippen molar-refractivity contribution in [1.29, 1.82) is 0 Å². The largest absolute Gasteiger partial charge is 0.378 e. The summed E-state index contributed by atoms with van der Waals surface area (Å²) in [6, 6.07) is 15.7. The summed E-state index contributed by atoms with van der Waals surface area (Å²) in [4.78, 5) is 19.5. The first-order valence-corrected chi connectivity index (χ1v) is 8.96. The number of benzene rings is 2. The topological polar surface area (TPSA) is 54.5 Å². The molecule has 0 radical (unpaired) electrons. The summed E-state index contributed by atoms with van der Waals surface area (Å²) in [6.45, 7) is 2.80. The molecule has 1 aliphatic rings. The number of halogens is 1. The monoisotopic (exact) mass is 365 g/mol. The molecule has 6 heteroatoms. The molecule has 138 valence electrons. The minimum absolute atomic E-state index is 0.0123. The second kappa shape index (κ2) is 7.72. The molecule has 3 aromatic rings. The fourth-order valence-electron chi connectivity index (χ4n) is 3.17. The van der Waals surface area contributed by atoms with E-state index in [9.17, 15) is 9.18 Å². The van der Waals surface area contributed by atoms with Gasteiger partial charge in [0.05, 0.1) is 24.3 Å². The fourth-order valence-corrected chi connectivity index (χ4v) is 3.17. The number of nitrogens with zero attached hydrogens (tertiary/aromatic N) is 2. The van der Waals surface area contributed by atoms with E-state index in [0.29, 0.717) is 44.2 Å². The Balaban J connectivity index is 1.63. The lowest BCUT2D eigenvalue weighted by molar-refractivity contribution is 0.0304. The number of ether oxygens (including phenoxy) is 1. The predicted octanol–water partition coefficient (Wildman–Crippen LogP) is 3.46. The van der Waals surface area contributed by atoms with Crippen LogP contribution in [-0.2, 0) is 11.3 Å². The maximum absolute atomic E-state index is 13.1. The number of pyridine rings is 1. The van der Waals surface area contributed by atoms with Gasteiger partial charge in [0.1, 0.15) is 11.6 Å². The normalized spacial score (nSPS) is 14.3. The summed E-state index contributed by atoms with van der Waals surface area (Å²) in [7, 11) is 0. The Morgan fingerprint density at radius 2 is 1.85 bits per heavy atom. The van der Waals surface area contributed by atoms with Crippen molar-refractivity contribution in [1.82, 2.24) is 9.88 Å². The van der Waals surface area contributed by atoms with Crippen molar-refractivity contribution < 1.29 is 13.9 Å². The maximum atomic E-state index is 13.1. The Kier molecular flexibility index (Phi) is 4.98. The van der Waals surface area contributed by atoms with Gasteiger partial charge in [-0.1, -0.05) is 30.3 Å². The summed E-state index contributed by atoms with van der Waals surface area (Å²) in [6.07, 6.45) is 0. The Hall–Kier alpha value is -2.99. The second-order valence-electron chi connectivity index (χ2n) is 6.46. The molecule has 2 aromatic carbocycles. The maximum Gasteiger partial charge on any atom is 0.254 e. The standard InChI is InChI=1S/C21H20FN3O2/c22-16-7-5-15(6-8-16)14-23-20-13-18(17-3-1-2-4-19(17)24-20)21(26)25-9-11-27-12-10-25/h1-8,13H,9-12,14H2,(H,23,24). The summed E-state index contributed by atoms with van der Waals surface area (Å²) < 4.78 is 18.4. The van der Waals surface area contributed by atoms with E-state index in [1.54, 1.807) is 18.2 Å². The lowest BCUT2D eigenvalue weighted by Gasteiger charge is -2.27. The molecule has 2 heterocycles. The number of aromatic nitrogens is 1. The van der Waals surface area contributed by atoms with Gasteiger partial charge in [0.25, 0.3) is 5.91 Å². The quantitative estimate of drug-likeness (QED) is 0.769. The van der Waals surface area contributed by atoms with Crippen LogP contribution in [0.25, 0.3) is 10.9 Å². The molecule has 1 fully saturated rings. The highest BCUT2D eigenvalue weighted by molar-refractivity contribution is 6.07. The first kappa shape index (κ1) is 17.4. The van der Waals surface area contributed by atoms with E-state index in [-0.39, 0.29) is 11.7 Å². The van der Waals surface area contributed by atoms with Crippen LogP contribution in [0.2, 0.25) is 0 Å². The highest BCUT2D eigenvalue weighted by Crippen LogP contribution is 2.23. The first-order chi connectivity index (χ1) is 13.2. The summed E-state index contributed by atoms with van der Waals surface area (Å²) in [5, 5.41) is 4.08. The van der Waals surface area contributed by atoms with E-state index >= 15 is 0 Å². The molecule has 1 amide bonds. The van der Waals surface area contributed by atoms with Gasteiger partial charge in [0, 0.05) is 25.0 Å². The molecule has 1 aliphatic heterocycles. The van der Waals surface area contributed by atoms with Gasteiger partial charge < -0.3 is 15.0 Å². The first-order valence-electron chi connectivity index (χ1n) is 8.96. The number of carbonyl (C=O) groups excluding carboxylic acids is 1. The van der Waals surface area contributed by atoms with Crippen LogP contribution < -0.4 is 5.32 Å². The van der Waals surface area contributed by atoms with Crippen LogP contribution in [0, 0.1) is 5.82 Å². The van der Waals surface area contributed by atoms with Crippen LogP contribution in [0.15, 0.2) is 54.6 Å². The molecule has 5 nitrogen and oxygen atoms in total. The molecular formula is C21H20FN3O2. The number of para-hydroxylation sites is 1. The van der Waals surface area contributed by atoms with Crippen molar-refractivity contribution in [3.63, 3.8) is 0 Å². The van der Waals surface area contributed by atoms with E-state index in [1.807, 2.05) is 29.2 Å². The average molecular weight is 365 g/mol. The van der Waals surface area contributed by atoms with Crippen molar-refractivity contribution >= 4 is 22.6 Å². The van der Waals surface area contributed by atoms with Gasteiger partial charge in [-0.2, -0.15) is 0 Å². The molecule has 1 saturated heterocycles. The third-order valence-electron chi connectivity index (χ3n) is 4.63. The van der Waals surface area contributed by atoms with Gasteiger partial charge in [-0.05, 0) is 29.8 Å². The van der Waals surface area contributed by atoms with Gasteiger partial charge in [0.15, 0.2) is 0 Å². The van der Waals surface area contributed by atoms with Crippen LogP contribution in [0.4, 0.5) is 10.2 Å². The van der Waals surface area contributed by atoms with Gasteiger partial charge in [-0.15, -0.1) is 0 Å². The smallest absolute Gasteiger partial charge is 0.254 e. The predicted molar refractivity (Wildman–Crippen MR) is 102 cm³/mol. The van der Waals surface area contributed by atoms with Crippen LogP contribution in [0.5, 0.6) is 0 Å². The van der Waals surface area contributed by atoms with Crippen molar-refractivity contribution in [3.05, 3.63) is 71.5 Å². The van der Waals surface area contributed by atoms with Gasteiger partial charge in [-0.25, -0.2) is 9.37 Å². The molecule has 0 atom stereocenters. The average Bonchev–Trinajstić information content (AvgIpc) is 2.73. The minimum atomic E-state index is -0.263. The third kappa shape index (κ3) is 3.90. The number of fused-ring (bicyclic) bond motifs is 1. The minimum Gasteiger partial charge on any atom is -0.378 e. The number of hydrogen-bond acceptors (Lipinski definition) is 4. The van der Waals surface area contributed by atoms with E-state index in [4.69, 9.17) is 4.74 Å². The zero-order valence-electron chi connectivity index (χ0n) is 14.8. The van der Waals surface area contributed by atoms with Crippen LogP contribution in [-0.4, -0.2) is 42.1 Å². The summed E-state index contributed by atoms with van der Waals surface area (Å²) in [5.41, 5.74) is 2.33.